The highest BCUT2D eigenvalue weighted by molar-refractivity contribution is 9.10. The largest absolute Gasteiger partial charge is 0.416 e. The zero-order chi connectivity index (χ0) is 14.7. The van der Waals surface area contributed by atoms with Gasteiger partial charge in [-0.1, -0.05) is 34.1 Å². The van der Waals surface area contributed by atoms with Crippen LogP contribution in [0.1, 0.15) is 15.9 Å². The van der Waals surface area contributed by atoms with E-state index in [0.717, 1.165) is 10.0 Å². The summed E-state index contributed by atoms with van der Waals surface area (Å²) in [6.07, 6.45) is 0. The predicted molar refractivity (Wildman–Crippen MR) is 76.9 cm³/mol. The molecule has 0 spiro atoms. The van der Waals surface area contributed by atoms with E-state index in [1.165, 1.54) is 18.2 Å². The molecule has 0 atom stereocenters. The molecular weight excluding hydrogens is 326 g/mol. The molecular formula is C14H10BrNO4. The summed E-state index contributed by atoms with van der Waals surface area (Å²) >= 11 is 3.32. The number of nitrogens with zero attached hydrogens (tertiary/aromatic N) is 1. The molecule has 0 bridgehead atoms. The van der Waals surface area contributed by atoms with Gasteiger partial charge in [-0.25, -0.2) is 4.79 Å². The van der Waals surface area contributed by atoms with Crippen molar-refractivity contribution in [3.05, 3.63) is 68.2 Å². The average molecular weight is 336 g/mol. The summed E-state index contributed by atoms with van der Waals surface area (Å²) in [5, 5.41) is 10.8. The Hall–Kier alpha value is -2.21. The molecule has 0 aliphatic rings. The maximum absolute atomic E-state index is 12.0. The summed E-state index contributed by atoms with van der Waals surface area (Å²) < 4.78 is 5.86. The Balaban J connectivity index is 2.28. The third kappa shape index (κ3) is 3.03. The lowest BCUT2D eigenvalue weighted by Crippen LogP contribution is -2.09. The third-order valence-corrected chi connectivity index (χ3v) is 3.53. The molecule has 0 N–H and O–H groups in total. The number of hydrogen-bond donors (Lipinski definition) is 0. The van der Waals surface area contributed by atoms with Crippen LogP contribution in [0.4, 0.5) is 5.69 Å². The molecule has 0 unspecified atom stereocenters. The molecule has 2 rings (SSSR count). The molecule has 2 aromatic carbocycles. The highest BCUT2D eigenvalue weighted by atomic mass is 79.9. The molecule has 2 aromatic rings. The second-order valence-electron chi connectivity index (χ2n) is 4.08. The smallest absolute Gasteiger partial charge is 0.343 e. The van der Waals surface area contributed by atoms with Crippen molar-refractivity contribution in [1.82, 2.24) is 0 Å². The summed E-state index contributed by atoms with van der Waals surface area (Å²) in [5.41, 5.74) is 1.06. The first-order valence-corrected chi connectivity index (χ1v) is 6.50. The number of carbonyl (C=O) groups is 1. The first kappa shape index (κ1) is 14.2. The number of nitro benzene ring substituents is 1. The summed E-state index contributed by atoms with van der Waals surface area (Å²) in [5.74, 6) is -0.709. The number of ether oxygens (including phenoxy) is 1. The third-order valence-electron chi connectivity index (χ3n) is 2.67. The number of para-hydroxylation sites is 2. The summed E-state index contributed by atoms with van der Waals surface area (Å²) in [7, 11) is 0. The van der Waals surface area contributed by atoms with Gasteiger partial charge in [-0.2, -0.15) is 0 Å². The monoisotopic (exact) mass is 335 g/mol. The number of rotatable bonds is 3. The van der Waals surface area contributed by atoms with E-state index in [-0.39, 0.29) is 11.4 Å². The van der Waals surface area contributed by atoms with Gasteiger partial charge in [0.15, 0.2) is 0 Å². The van der Waals surface area contributed by atoms with Gasteiger partial charge >= 0.3 is 11.7 Å². The van der Waals surface area contributed by atoms with Crippen LogP contribution in [0.5, 0.6) is 5.75 Å². The van der Waals surface area contributed by atoms with Crippen LogP contribution in [-0.2, 0) is 0 Å². The van der Waals surface area contributed by atoms with Crippen LogP contribution in [0.2, 0.25) is 0 Å². The van der Waals surface area contributed by atoms with Gasteiger partial charge in [0.25, 0.3) is 0 Å². The standard InChI is InChI=1S/C14H10BrNO4/c1-9-6-7-10(8-11(9)15)14(17)20-13-5-3-2-4-12(13)16(18)19/h2-8H,1H3. The predicted octanol–water partition coefficient (Wildman–Crippen LogP) is 3.88. The van der Waals surface area contributed by atoms with Crippen molar-refractivity contribution in [3.63, 3.8) is 0 Å². The zero-order valence-electron chi connectivity index (χ0n) is 10.5. The maximum Gasteiger partial charge on any atom is 0.343 e. The fraction of sp³-hybridized carbons (Fsp3) is 0.0714. The molecule has 0 aliphatic carbocycles. The number of nitro groups is 1. The van der Waals surface area contributed by atoms with E-state index in [0.29, 0.717) is 5.56 Å². The van der Waals surface area contributed by atoms with E-state index < -0.39 is 10.9 Å². The van der Waals surface area contributed by atoms with E-state index in [1.807, 2.05) is 6.92 Å². The molecule has 6 heteroatoms. The Kier molecular flexibility index (Phi) is 4.14. The van der Waals surface area contributed by atoms with E-state index >= 15 is 0 Å². The number of halogens is 1. The van der Waals surface area contributed by atoms with Crippen LogP contribution >= 0.6 is 15.9 Å². The van der Waals surface area contributed by atoms with Crippen molar-refractivity contribution in [2.24, 2.45) is 0 Å². The van der Waals surface area contributed by atoms with Gasteiger partial charge in [0.1, 0.15) is 0 Å². The summed E-state index contributed by atoms with van der Waals surface area (Å²) in [6, 6.07) is 10.7. The Bertz CT molecular complexity index is 685. The Morgan fingerprint density at radius 3 is 2.60 bits per heavy atom. The molecule has 0 aliphatic heterocycles. The minimum Gasteiger partial charge on any atom is -0.416 e. The van der Waals surface area contributed by atoms with Crippen molar-refractivity contribution in [3.8, 4) is 5.75 Å². The Morgan fingerprint density at radius 2 is 1.95 bits per heavy atom. The second-order valence-corrected chi connectivity index (χ2v) is 4.93. The molecule has 0 aromatic heterocycles. The number of carbonyl (C=O) groups excluding carboxylic acids is 1. The minimum atomic E-state index is -0.639. The van der Waals surface area contributed by atoms with Gasteiger partial charge in [0.05, 0.1) is 10.5 Å². The van der Waals surface area contributed by atoms with E-state index in [2.05, 4.69) is 15.9 Å². The Labute approximate surface area is 123 Å². The van der Waals surface area contributed by atoms with Gasteiger partial charge in [-0.3, -0.25) is 10.1 Å². The lowest BCUT2D eigenvalue weighted by atomic mass is 10.1. The van der Waals surface area contributed by atoms with Crippen LogP contribution in [-0.4, -0.2) is 10.9 Å². The van der Waals surface area contributed by atoms with Crippen LogP contribution < -0.4 is 4.74 Å². The fourth-order valence-corrected chi connectivity index (χ4v) is 1.95. The zero-order valence-corrected chi connectivity index (χ0v) is 12.1. The van der Waals surface area contributed by atoms with E-state index in [9.17, 15) is 14.9 Å². The molecule has 0 heterocycles. The van der Waals surface area contributed by atoms with E-state index in [4.69, 9.17) is 4.74 Å². The van der Waals surface area contributed by atoms with Gasteiger partial charge in [0.2, 0.25) is 5.75 Å². The van der Waals surface area contributed by atoms with Crippen LogP contribution in [0, 0.1) is 17.0 Å². The van der Waals surface area contributed by atoms with Crippen molar-refractivity contribution in [2.45, 2.75) is 6.92 Å². The number of benzene rings is 2. The topological polar surface area (TPSA) is 69.4 Å². The SMILES string of the molecule is Cc1ccc(C(=O)Oc2ccccc2[N+](=O)[O-])cc1Br. The normalized spacial score (nSPS) is 10.1. The lowest BCUT2D eigenvalue weighted by Gasteiger charge is -2.06. The molecule has 5 nitrogen and oxygen atoms in total. The highest BCUT2D eigenvalue weighted by Gasteiger charge is 2.18. The second kappa shape index (κ2) is 5.83. The quantitative estimate of drug-likeness (QED) is 0.369. The first-order valence-electron chi connectivity index (χ1n) is 5.71. The number of esters is 1. The molecule has 0 saturated carbocycles. The molecule has 102 valence electrons. The summed E-state index contributed by atoms with van der Waals surface area (Å²) in [4.78, 5) is 22.2. The van der Waals surface area contributed by atoms with Gasteiger partial charge in [-0.15, -0.1) is 0 Å². The highest BCUT2D eigenvalue weighted by Crippen LogP contribution is 2.27. The fourth-order valence-electron chi connectivity index (χ4n) is 1.57. The van der Waals surface area contributed by atoms with Gasteiger partial charge in [0, 0.05) is 10.5 Å². The van der Waals surface area contributed by atoms with Crippen LogP contribution in [0.3, 0.4) is 0 Å². The molecule has 0 radical (unpaired) electrons. The number of aryl methyl sites for hydroxylation is 1. The molecule has 0 saturated heterocycles. The first-order chi connectivity index (χ1) is 9.49. The van der Waals surface area contributed by atoms with Crippen molar-refractivity contribution < 1.29 is 14.5 Å². The maximum atomic E-state index is 12.0. The van der Waals surface area contributed by atoms with E-state index in [1.54, 1.807) is 24.3 Å². The molecule has 20 heavy (non-hydrogen) atoms. The Morgan fingerprint density at radius 1 is 1.25 bits per heavy atom. The van der Waals surface area contributed by atoms with Crippen molar-refractivity contribution >= 4 is 27.6 Å². The number of hydrogen-bond acceptors (Lipinski definition) is 4. The van der Waals surface area contributed by atoms with Gasteiger partial charge in [-0.05, 0) is 30.7 Å². The van der Waals surface area contributed by atoms with Crippen LogP contribution in [0.25, 0.3) is 0 Å². The molecule has 0 fully saturated rings. The van der Waals surface area contributed by atoms with Crippen molar-refractivity contribution in [1.29, 1.82) is 0 Å². The lowest BCUT2D eigenvalue weighted by molar-refractivity contribution is -0.385. The average Bonchev–Trinajstić information content (AvgIpc) is 2.42. The summed E-state index contributed by atoms with van der Waals surface area (Å²) in [6.45, 7) is 1.89. The minimum absolute atomic E-state index is 0.0702. The van der Waals surface area contributed by atoms with Gasteiger partial charge < -0.3 is 4.74 Å². The van der Waals surface area contributed by atoms with Crippen LogP contribution in [0.15, 0.2) is 46.9 Å². The molecule has 0 amide bonds. The van der Waals surface area contributed by atoms with Crippen molar-refractivity contribution in [2.75, 3.05) is 0 Å².